The second-order valence-corrected chi connectivity index (χ2v) is 5.74. The van der Waals surface area contributed by atoms with E-state index < -0.39 is 0 Å². The molecule has 1 aliphatic rings. The van der Waals surface area contributed by atoms with Crippen molar-refractivity contribution < 1.29 is 9.53 Å². The molecular weight excluding hydrogens is 264 g/mol. The minimum atomic E-state index is -0.0531. The summed E-state index contributed by atoms with van der Waals surface area (Å²) in [7, 11) is 0. The predicted molar refractivity (Wildman–Crippen MR) is 84.2 cm³/mol. The summed E-state index contributed by atoms with van der Waals surface area (Å²) in [4.78, 5) is 12.0. The zero-order valence-electron chi connectivity index (χ0n) is 12.8. The standard InChI is InChI=1S/C17H26N2O2/c1-2-15(18)14-10-6-7-11-16(14)21-12-17(20)19-13-8-4-3-5-9-13/h6-7,10-11,13,15H,2-5,8-9,12,18H2,1H3,(H,19,20)/t15-/m1/s1. The molecule has 0 heterocycles. The summed E-state index contributed by atoms with van der Waals surface area (Å²) < 4.78 is 5.67. The van der Waals surface area contributed by atoms with Gasteiger partial charge in [-0.3, -0.25) is 4.79 Å². The molecule has 1 fully saturated rings. The molecule has 116 valence electrons. The molecule has 0 radical (unpaired) electrons. The maximum atomic E-state index is 12.0. The number of hydrogen-bond donors (Lipinski definition) is 2. The molecule has 1 aromatic carbocycles. The van der Waals surface area contributed by atoms with E-state index in [-0.39, 0.29) is 18.6 Å². The Kier molecular flexibility index (Phi) is 6.05. The van der Waals surface area contributed by atoms with Crippen LogP contribution in [0.2, 0.25) is 0 Å². The highest BCUT2D eigenvalue weighted by Gasteiger charge is 2.16. The zero-order valence-corrected chi connectivity index (χ0v) is 12.8. The number of carbonyl (C=O) groups excluding carboxylic acids is 1. The van der Waals surface area contributed by atoms with Gasteiger partial charge in [-0.25, -0.2) is 0 Å². The van der Waals surface area contributed by atoms with Crippen LogP contribution in [-0.4, -0.2) is 18.6 Å². The van der Waals surface area contributed by atoms with Gasteiger partial charge in [0, 0.05) is 17.6 Å². The number of para-hydroxylation sites is 1. The first-order valence-electron chi connectivity index (χ1n) is 7.97. The molecule has 1 aromatic rings. The molecule has 2 rings (SSSR count). The number of rotatable bonds is 6. The number of benzene rings is 1. The first kappa shape index (κ1) is 15.8. The molecule has 0 aromatic heterocycles. The topological polar surface area (TPSA) is 64.3 Å². The predicted octanol–water partition coefficient (Wildman–Crippen LogP) is 2.92. The molecule has 0 spiro atoms. The van der Waals surface area contributed by atoms with Crippen LogP contribution in [0.5, 0.6) is 5.75 Å². The highest BCUT2D eigenvalue weighted by molar-refractivity contribution is 5.77. The van der Waals surface area contributed by atoms with Crippen molar-refractivity contribution in [1.82, 2.24) is 5.32 Å². The summed E-state index contributed by atoms with van der Waals surface area (Å²) in [6.07, 6.45) is 6.71. The van der Waals surface area contributed by atoms with E-state index in [4.69, 9.17) is 10.5 Å². The molecule has 1 amide bonds. The molecule has 21 heavy (non-hydrogen) atoms. The van der Waals surface area contributed by atoms with Gasteiger partial charge in [0.2, 0.25) is 0 Å². The van der Waals surface area contributed by atoms with Crippen molar-refractivity contribution in [3.8, 4) is 5.75 Å². The maximum absolute atomic E-state index is 12.0. The Hall–Kier alpha value is -1.55. The molecule has 4 heteroatoms. The van der Waals surface area contributed by atoms with E-state index in [1.165, 1.54) is 19.3 Å². The summed E-state index contributed by atoms with van der Waals surface area (Å²) in [5.41, 5.74) is 7.03. The SMILES string of the molecule is CC[C@@H](N)c1ccccc1OCC(=O)NC1CCCCC1. The van der Waals surface area contributed by atoms with E-state index in [9.17, 15) is 4.79 Å². The second-order valence-electron chi connectivity index (χ2n) is 5.74. The largest absolute Gasteiger partial charge is 0.483 e. The van der Waals surface area contributed by atoms with Gasteiger partial charge in [0.05, 0.1) is 0 Å². The first-order valence-corrected chi connectivity index (χ1v) is 7.97. The highest BCUT2D eigenvalue weighted by atomic mass is 16.5. The molecule has 0 aliphatic heterocycles. The van der Waals surface area contributed by atoms with Crippen LogP contribution in [0.1, 0.15) is 57.1 Å². The van der Waals surface area contributed by atoms with Gasteiger partial charge in [0.25, 0.3) is 5.91 Å². The van der Waals surface area contributed by atoms with Gasteiger partial charge in [0.1, 0.15) is 5.75 Å². The lowest BCUT2D eigenvalue weighted by atomic mass is 9.95. The van der Waals surface area contributed by atoms with E-state index >= 15 is 0 Å². The number of hydrogen-bond acceptors (Lipinski definition) is 3. The summed E-state index contributed by atoms with van der Waals surface area (Å²) in [6.45, 7) is 2.10. The van der Waals surface area contributed by atoms with Gasteiger partial charge in [0.15, 0.2) is 6.61 Å². The zero-order chi connectivity index (χ0) is 15.1. The van der Waals surface area contributed by atoms with Gasteiger partial charge in [-0.2, -0.15) is 0 Å². The molecule has 0 saturated heterocycles. The van der Waals surface area contributed by atoms with E-state index in [0.717, 1.165) is 24.8 Å². The number of amides is 1. The molecule has 1 aliphatic carbocycles. The van der Waals surface area contributed by atoms with Crippen LogP contribution in [0.25, 0.3) is 0 Å². The number of nitrogens with one attached hydrogen (secondary N) is 1. The van der Waals surface area contributed by atoms with Gasteiger partial charge >= 0.3 is 0 Å². The van der Waals surface area contributed by atoms with Gasteiger partial charge in [-0.1, -0.05) is 44.4 Å². The van der Waals surface area contributed by atoms with Crippen molar-refractivity contribution in [2.24, 2.45) is 5.73 Å². The van der Waals surface area contributed by atoms with Crippen molar-refractivity contribution in [1.29, 1.82) is 0 Å². The second kappa shape index (κ2) is 8.03. The Bertz CT molecular complexity index is 456. The Morgan fingerprint density at radius 1 is 1.33 bits per heavy atom. The molecular formula is C17H26N2O2. The maximum Gasteiger partial charge on any atom is 0.258 e. The smallest absolute Gasteiger partial charge is 0.258 e. The van der Waals surface area contributed by atoms with Crippen molar-refractivity contribution in [2.45, 2.75) is 57.5 Å². The minimum Gasteiger partial charge on any atom is -0.483 e. The summed E-state index contributed by atoms with van der Waals surface area (Å²) >= 11 is 0. The molecule has 0 bridgehead atoms. The normalized spacial score (nSPS) is 17.2. The molecule has 1 saturated carbocycles. The third kappa shape index (κ3) is 4.74. The third-order valence-corrected chi connectivity index (χ3v) is 4.09. The van der Waals surface area contributed by atoms with Gasteiger partial charge in [-0.05, 0) is 25.3 Å². The van der Waals surface area contributed by atoms with Gasteiger partial charge < -0.3 is 15.8 Å². The highest BCUT2D eigenvalue weighted by Crippen LogP contribution is 2.25. The Morgan fingerprint density at radius 2 is 2.05 bits per heavy atom. The number of carbonyl (C=O) groups is 1. The molecule has 3 N–H and O–H groups in total. The van der Waals surface area contributed by atoms with Crippen LogP contribution >= 0.6 is 0 Å². The van der Waals surface area contributed by atoms with E-state index in [1.54, 1.807) is 0 Å². The minimum absolute atomic E-state index is 0.0400. The summed E-state index contributed by atoms with van der Waals surface area (Å²) in [6, 6.07) is 7.95. The fraction of sp³-hybridized carbons (Fsp3) is 0.588. The van der Waals surface area contributed by atoms with E-state index in [0.29, 0.717) is 11.8 Å². The average Bonchev–Trinajstić information content (AvgIpc) is 2.53. The van der Waals surface area contributed by atoms with Crippen molar-refractivity contribution in [2.75, 3.05) is 6.61 Å². The van der Waals surface area contributed by atoms with E-state index in [1.807, 2.05) is 31.2 Å². The average molecular weight is 290 g/mol. The quantitative estimate of drug-likeness (QED) is 0.846. The van der Waals surface area contributed by atoms with Gasteiger partial charge in [-0.15, -0.1) is 0 Å². The van der Waals surface area contributed by atoms with Crippen LogP contribution < -0.4 is 15.8 Å². The molecule has 1 atom stereocenters. The van der Waals surface area contributed by atoms with Crippen LogP contribution in [0, 0.1) is 0 Å². The number of nitrogens with two attached hydrogens (primary N) is 1. The van der Waals surface area contributed by atoms with Crippen LogP contribution in [-0.2, 0) is 4.79 Å². The molecule has 4 nitrogen and oxygen atoms in total. The Morgan fingerprint density at radius 3 is 2.76 bits per heavy atom. The monoisotopic (exact) mass is 290 g/mol. The van der Waals surface area contributed by atoms with Crippen LogP contribution in [0.4, 0.5) is 0 Å². The summed E-state index contributed by atoms with van der Waals surface area (Å²) in [5, 5.41) is 3.06. The lowest BCUT2D eigenvalue weighted by molar-refractivity contribution is -0.124. The Balaban J connectivity index is 1.86. The van der Waals surface area contributed by atoms with Crippen molar-refractivity contribution in [3.05, 3.63) is 29.8 Å². The molecule has 0 unspecified atom stereocenters. The van der Waals surface area contributed by atoms with E-state index in [2.05, 4.69) is 5.32 Å². The first-order chi connectivity index (χ1) is 10.2. The lowest BCUT2D eigenvalue weighted by Gasteiger charge is -2.23. The fourth-order valence-electron chi connectivity index (χ4n) is 2.80. The van der Waals surface area contributed by atoms with Crippen molar-refractivity contribution >= 4 is 5.91 Å². The lowest BCUT2D eigenvalue weighted by Crippen LogP contribution is -2.39. The van der Waals surface area contributed by atoms with Crippen molar-refractivity contribution in [3.63, 3.8) is 0 Å². The summed E-state index contributed by atoms with van der Waals surface area (Å²) in [5.74, 6) is 0.674. The third-order valence-electron chi connectivity index (χ3n) is 4.09. The fourth-order valence-corrected chi connectivity index (χ4v) is 2.80. The number of ether oxygens (including phenoxy) is 1. The van der Waals surface area contributed by atoms with Crippen LogP contribution in [0.15, 0.2) is 24.3 Å². The Labute approximate surface area is 127 Å². The van der Waals surface area contributed by atoms with Crippen LogP contribution in [0.3, 0.4) is 0 Å².